The Kier molecular flexibility index (Phi) is 3.35. The Bertz CT molecular complexity index is 712. The van der Waals surface area contributed by atoms with Crippen LogP contribution >= 0.6 is 11.3 Å². The predicted octanol–water partition coefficient (Wildman–Crippen LogP) is 2.38. The predicted molar refractivity (Wildman–Crippen MR) is 87.0 cm³/mol. The molecule has 22 heavy (non-hydrogen) atoms. The SMILES string of the molecule is CCN1CCc2c(sc3c2C(=O)NC(c2cccnc2)N3)C1. The number of aromatic nitrogens is 1. The first-order chi connectivity index (χ1) is 10.8. The van der Waals surface area contributed by atoms with Crippen LogP contribution < -0.4 is 10.6 Å². The third kappa shape index (κ3) is 2.19. The zero-order valence-corrected chi connectivity index (χ0v) is 13.2. The number of nitrogens with zero attached hydrogens (tertiary/aromatic N) is 2. The molecule has 2 aromatic rings. The second-order valence-corrected chi connectivity index (χ2v) is 6.77. The summed E-state index contributed by atoms with van der Waals surface area (Å²) in [7, 11) is 0. The topological polar surface area (TPSA) is 57.3 Å². The Balaban J connectivity index is 1.68. The molecular formula is C16H18N4OS. The molecular weight excluding hydrogens is 296 g/mol. The first-order valence-electron chi connectivity index (χ1n) is 7.60. The van der Waals surface area contributed by atoms with Crippen LogP contribution in [0.4, 0.5) is 5.00 Å². The molecule has 2 aliphatic rings. The summed E-state index contributed by atoms with van der Waals surface area (Å²) in [6, 6.07) is 3.86. The molecule has 1 amide bonds. The van der Waals surface area contributed by atoms with Crippen molar-refractivity contribution >= 4 is 22.2 Å². The highest BCUT2D eigenvalue weighted by molar-refractivity contribution is 7.16. The number of pyridine rings is 1. The molecule has 4 rings (SSSR count). The van der Waals surface area contributed by atoms with Crippen LogP contribution in [-0.4, -0.2) is 28.9 Å². The second-order valence-electron chi connectivity index (χ2n) is 5.66. The summed E-state index contributed by atoms with van der Waals surface area (Å²) in [5, 5.41) is 7.52. The van der Waals surface area contributed by atoms with Crippen molar-refractivity contribution in [3.63, 3.8) is 0 Å². The fourth-order valence-corrected chi connectivity index (χ4v) is 4.47. The van der Waals surface area contributed by atoms with E-state index in [4.69, 9.17) is 0 Å². The molecule has 0 aromatic carbocycles. The van der Waals surface area contributed by atoms with E-state index >= 15 is 0 Å². The molecule has 0 saturated heterocycles. The summed E-state index contributed by atoms with van der Waals surface area (Å²) in [5.74, 6) is 0.0325. The number of anilines is 1. The minimum absolute atomic E-state index is 0.0325. The van der Waals surface area contributed by atoms with Crippen molar-refractivity contribution in [3.8, 4) is 0 Å². The Labute approximate surface area is 133 Å². The molecule has 0 radical (unpaired) electrons. The van der Waals surface area contributed by atoms with Crippen LogP contribution in [0, 0.1) is 0 Å². The maximum atomic E-state index is 12.6. The van der Waals surface area contributed by atoms with Gasteiger partial charge in [0.05, 0.1) is 5.56 Å². The number of fused-ring (bicyclic) bond motifs is 3. The number of thiophene rings is 1. The van der Waals surface area contributed by atoms with E-state index in [2.05, 4.69) is 27.4 Å². The van der Waals surface area contributed by atoms with E-state index in [0.717, 1.165) is 42.2 Å². The van der Waals surface area contributed by atoms with Gasteiger partial charge in [-0.05, 0) is 24.6 Å². The van der Waals surface area contributed by atoms with Gasteiger partial charge in [0, 0.05) is 35.9 Å². The molecule has 114 valence electrons. The number of hydrogen-bond donors (Lipinski definition) is 2. The molecule has 0 saturated carbocycles. The normalized spacial score (nSPS) is 20.8. The van der Waals surface area contributed by atoms with Crippen LogP contribution in [0.3, 0.4) is 0 Å². The monoisotopic (exact) mass is 314 g/mol. The van der Waals surface area contributed by atoms with E-state index in [0.29, 0.717) is 0 Å². The summed E-state index contributed by atoms with van der Waals surface area (Å²) >= 11 is 1.73. The molecule has 4 heterocycles. The maximum absolute atomic E-state index is 12.6. The molecule has 2 aliphatic heterocycles. The Hall–Kier alpha value is -1.92. The van der Waals surface area contributed by atoms with Crippen molar-refractivity contribution in [2.45, 2.75) is 26.1 Å². The highest BCUT2D eigenvalue weighted by Crippen LogP contribution is 2.40. The van der Waals surface area contributed by atoms with Crippen LogP contribution in [0.1, 0.15) is 39.5 Å². The number of likely N-dealkylation sites (N-methyl/N-ethyl adjacent to an activating group) is 1. The lowest BCUT2D eigenvalue weighted by Gasteiger charge is -2.27. The van der Waals surface area contributed by atoms with Crippen LogP contribution in [0.2, 0.25) is 0 Å². The summed E-state index contributed by atoms with van der Waals surface area (Å²) in [6.45, 7) is 5.23. The third-order valence-electron chi connectivity index (χ3n) is 4.38. The quantitative estimate of drug-likeness (QED) is 0.893. The van der Waals surface area contributed by atoms with Crippen molar-refractivity contribution in [3.05, 3.63) is 46.1 Å². The van der Waals surface area contributed by atoms with Gasteiger partial charge in [-0.1, -0.05) is 13.0 Å². The van der Waals surface area contributed by atoms with Crippen LogP contribution in [0.15, 0.2) is 24.5 Å². The lowest BCUT2D eigenvalue weighted by atomic mass is 10.0. The highest BCUT2D eigenvalue weighted by atomic mass is 32.1. The lowest BCUT2D eigenvalue weighted by Crippen LogP contribution is -2.38. The van der Waals surface area contributed by atoms with Crippen LogP contribution in [0.25, 0.3) is 0 Å². The first-order valence-corrected chi connectivity index (χ1v) is 8.42. The van der Waals surface area contributed by atoms with E-state index in [-0.39, 0.29) is 12.1 Å². The van der Waals surface area contributed by atoms with Crippen molar-refractivity contribution in [1.82, 2.24) is 15.2 Å². The van der Waals surface area contributed by atoms with Gasteiger partial charge >= 0.3 is 0 Å². The Morgan fingerprint density at radius 1 is 1.45 bits per heavy atom. The number of rotatable bonds is 2. The molecule has 0 spiro atoms. The van der Waals surface area contributed by atoms with Gasteiger partial charge in [-0.25, -0.2) is 0 Å². The minimum atomic E-state index is -0.198. The summed E-state index contributed by atoms with van der Waals surface area (Å²) in [5.41, 5.74) is 3.07. The fraction of sp³-hybridized carbons (Fsp3) is 0.375. The van der Waals surface area contributed by atoms with E-state index < -0.39 is 0 Å². The van der Waals surface area contributed by atoms with Gasteiger partial charge in [-0.2, -0.15) is 0 Å². The van der Waals surface area contributed by atoms with Crippen LogP contribution in [-0.2, 0) is 13.0 Å². The van der Waals surface area contributed by atoms with E-state index in [1.54, 1.807) is 23.7 Å². The largest absolute Gasteiger partial charge is 0.353 e. The van der Waals surface area contributed by atoms with Crippen molar-refractivity contribution in [1.29, 1.82) is 0 Å². The maximum Gasteiger partial charge on any atom is 0.256 e. The van der Waals surface area contributed by atoms with Crippen LogP contribution in [0.5, 0.6) is 0 Å². The Morgan fingerprint density at radius 2 is 2.36 bits per heavy atom. The molecule has 5 nitrogen and oxygen atoms in total. The third-order valence-corrected chi connectivity index (χ3v) is 5.53. The van der Waals surface area contributed by atoms with Gasteiger partial charge in [0.2, 0.25) is 0 Å². The molecule has 2 aromatic heterocycles. The smallest absolute Gasteiger partial charge is 0.256 e. The van der Waals surface area contributed by atoms with Gasteiger partial charge < -0.3 is 10.6 Å². The zero-order chi connectivity index (χ0) is 15.1. The molecule has 0 fully saturated rings. The Morgan fingerprint density at radius 3 is 3.14 bits per heavy atom. The van der Waals surface area contributed by atoms with Gasteiger partial charge in [-0.15, -0.1) is 11.3 Å². The van der Waals surface area contributed by atoms with Crippen molar-refractivity contribution < 1.29 is 4.79 Å². The summed E-state index contributed by atoms with van der Waals surface area (Å²) in [4.78, 5) is 20.5. The van der Waals surface area contributed by atoms with Crippen molar-refractivity contribution in [2.75, 3.05) is 18.4 Å². The van der Waals surface area contributed by atoms with Gasteiger partial charge in [-0.3, -0.25) is 14.7 Å². The molecule has 0 bridgehead atoms. The van der Waals surface area contributed by atoms with Crippen molar-refractivity contribution in [2.24, 2.45) is 0 Å². The standard InChI is InChI=1S/C16H18N4OS/c1-2-20-7-5-11-12(9-20)22-16-13(11)15(21)18-14(19-16)10-4-3-6-17-8-10/h3-4,6,8,14,19H,2,5,7,9H2,1H3,(H,18,21). The first kappa shape index (κ1) is 13.7. The molecule has 0 aliphatic carbocycles. The molecule has 2 N–H and O–H groups in total. The fourth-order valence-electron chi connectivity index (χ4n) is 3.15. The van der Waals surface area contributed by atoms with E-state index in [1.165, 1.54) is 10.4 Å². The minimum Gasteiger partial charge on any atom is -0.353 e. The number of hydrogen-bond acceptors (Lipinski definition) is 5. The number of amides is 1. The molecule has 1 atom stereocenters. The lowest BCUT2D eigenvalue weighted by molar-refractivity contribution is 0.0934. The summed E-state index contributed by atoms with van der Waals surface area (Å²) in [6.07, 6.45) is 4.29. The summed E-state index contributed by atoms with van der Waals surface area (Å²) < 4.78 is 0. The second kappa shape index (κ2) is 5.37. The number of carbonyl (C=O) groups is 1. The highest BCUT2D eigenvalue weighted by Gasteiger charge is 2.33. The number of carbonyl (C=O) groups excluding carboxylic acids is 1. The molecule has 6 heteroatoms. The number of nitrogens with one attached hydrogen (secondary N) is 2. The van der Waals surface area contributed by atoms with E-state index in [1.807, 2.05) is 12.1 Å². The van der Waals surface area contributed by atoms with Gasteiger partial charge in [0.1, 0.15) is 11.2 Å². The van der Waals surface area contributed by atoms with E-state index in [9.17, 15) is 4.79 Å². The van der Waals surface area contributed by atoms with Gasteiger partial charge in [0.25, 0.3) is 5.91 Å². The molecule has 1 unspecified atom stereocenters. The van der Waals surface area contributed by atoms with Gasteiger partial charge in [0.15, 0.2) is 0 Å². The average molecular weight is 314 g/mol. The zero-order valence-electron chi connectivity index (χ0n) is 12.4. The average Bonchev–Trinajstić information content (AvgIpc) is 2.93.